The molecule has 28 heavy (non-hydrogen) atoms. The summed E-state index contributed by atoms with van der Waals surface area (Å²) in [5.74, 6) is 2.05. The average molecular weight is 388 g/mol. The van der Waals surface area contributed by atoms with Crippen LogP contribution in [-0.2, 0) is 13.1 Å². The predicted molar refractivity (Wildman–Crippen MR) is 98.1 cm³/mol. The lowest BCUT2D eigenvalue weighted by atomic mass is 10.1. The number of nitrogens with zero attached hydrogens (tertiary/aromatic N) is 6. The van der Waals surface area contributed by atoms with Gasteiger partial charge in [0.1, 0.15) is 5.56 Å². The molecule has 0 bridgehead atoms. The third-order valence-corrected chi connectivity index (χ3v) is 5.36. The molecule has 1 amide bonds. The monoisotopic (exact) mass is 388 g/mol. The average Bonchev–Trinajstić information content (AvgIpc) is 3.28. The third kappa shape index (κ3) is 3.18. The molecule has 0 aromatic carbocycles. The van der Waals surface area contributed by atoms with E-state index < -0.39 is 0 Å². The number of aliphatic hydroxyl groups is 1. The third-order valence-electron chi connectivity index (χ3n) is 5.36. The van der Waals surface area contributed by atoms with Crippen molar-refractivity contribution in [2.75, 3.05) is 34.4 Å². The molecule has 0 unspecified atom stereocenters. The van der Waals surface area contributed by atoms with Crippen LogP contribution in [-0.4, -0.2) is 81.0 Å². The van der Waals surface area contributed by atoms with E-state index in [2.05, 4.69) is 24.6 Å². The minimum Gasteiger partial charge on any atom is -0.481 e. The zero-order valence-corrected chi connectivity index (χ0v) is 16.2. The standard InChI is InChI=1S/C18H24N6O4/c1-22-9-11(25)8-13(22)16-21-20-14-10-23(6-7-24(14)16)18(26)12-4-5-15(27-2)19-17(12)28-3/h4-5,11,13,25H,6-10H2,1-3H3/t11-,13+/m1/s1. The number of methoxy groups -OCH3 is 2. The van der Waals surface area contributed by atoms with Gasteiger partial charge >= 0.3 is 0 Å². The zero-order valence-electron chi connectivity index (χ0n) is 16.2. The van der Waals surface area contributed by atoms with Crippen molar-refractivity contribution in [1.29, 1.82) is 0 Å². The molecule has 0 radical (unpaired) electrons. The van der Waals surface area contributed by atoms with Crippen LogP contribution in [0, 0.1) is 0 Å². The number of amides is 1. The molecule has 2 aliphatic heterocycles. The number of carbonyl (C=O) groups is 1. The smallest absolute Gasteiger partial charge is 0.259 e. The van der Waals surface area contributed by atoms with Crippen LogP contribution in [0.15, 0.2) is 12.1 Å². The molecule has 2 atom stereocenters. The van der Waals surface area contributed by atoms with Crippen molar-refractivity contribution in [2.24, 2.45) is 0 Å². The quantitative estimate of drug-likeness (QED) is 0.785. The maximum absolute atomic E-state index is 13.0. The first-order valence-corrected chi connectivity index (χ1v) is 9.20. The number of rotatable bonds is 4. The van der Waals surface area contributed by atoms with Gasteiger partial charge in [0.25, 0.3) is 5.91 Å². The number of likely N-dealkylation sites (tertiary alicyclic amines) is 1. The van der Waals surface area contributed by atoms with Crippen LogP contribution < -0.4 is 9.47 Å². The van der Waals surface area contributed by atoms with Crippen molar-refractivity contribution in [3.05, 3.63) is 29.3 Å². The van der Waals surface area contributed by atoms with Crippen molar-refractivity contribution >= 4 is 5.91 Å². The van der Waals surface area contributed by atoms with E-state index in [0.717, 1.165) is 11.6 Å². The summed E-state index contributed by atoms with van der Waals surface area (Å²) in [5.41, 5.74) is 0.384. The summed E-state index contributed by atoms with van der Waals surface area (Å²) in [4.78, 5) is 21.0. The van der Waals surface area contributed by atoms with E-state index >= 15 is 0 Å². The molecular formula is C18H24N6O4. The number of pyridine rings is 1. The number of aromatic nitrogens is 4. The Morgan fingerprint density at radius 2 is 2.04 bits per heavy atom. The molecule has 4 heterocycles. The Bertz CT molecular complexity index is 885. The van der Waals surface area contributed by atoms with Gasteiger partial charge in [-0.3, -0.25) is 9.69 Å². The van der Waals surface area contributed by atoms with Gasteiger partial charge in [0.15, 0.2) is 11.6 Å². The van der Waals surface area contributed by atoms with E-state index in [1.807, 2.05) is 7.05 Å². The summed E-state index contributed by atoms with van der Waals surface area (Å²) in [7, 11) is 4.97. The van der Waals surface area contributed by atoms with Crippen LogP contribution in [0.1, 0.15) is 34.5 Å². The highest BCUT2D eigenvalue weighted by molar-refractivity contribution is 5.96. The van der Waals surface area contributed by atoms with Gasteiger partial charge < -0.3 is 24.0 Å². The lowest BCUT2D eigenvalue weighted by Crippen LogP contribution is -2.39. The van der Waals surface area contributed by atoms with Gasteiger partial charge in [-0.25, -0.2) is 0 Å². The molecule has 0 aliphatic carbocycles. The number of hydrogen-bond acceptors (Lipinski definition) is 8. The van der Waals surface area contributed by atoms with E-state index in [1.165, 1.54) is 14.2 Å². The summed E-state index contributed by atoms with van der Waals surface area (Å²) >= 11 is 0. The fraction of sp³-hybridized carbons (Fsp3) is 0.556. The zero-order chi connectivity index (χ0) is 19.8. The number of β-amino-alcohol motifs (C(OH)–C–C–N with tert-alkyl or cyclic N) is 1. The number of fused-ring (bicyclic) bond motifs is 1. The minimum absolute atomic E-state index is 0.0457. The first-order chi connectivity index (χ1) is 13.5. The Morgan fingerprint density at radius 3 is 2.71 bits per heavy atom. The second kappa shape index (κ2) is 7.36. The Kier molecular flexibility index (Phi) is 4.90. The molecular weight excluding hydrogens is 364 g/mol. The number of aliphatic hydroxyl groups excluding tert-OH is 1. The molecule has 2 aliphatic rings. The van der Waals surface area contributed by atoms with E-state index in [4.69, 9.17) is 9.47 Å². The van der Waals surface area contributed by atoms with E-state index in [1.54, 1.807) is 17.0 Å². The number of ether oxygens (including phenoxy) is 2. The number of carbonyl (C=O) groups excluding carboxylic acids is 1. The van der Waals surface area contributed by atoms with Gasteiger partial charge in [-0.15, -0.1) is 10.2 Å². The molecule has 2 aromatic heterocycles. The number of likely N-dealkylation sites (N-methyl/N-ethyl adjacent to an activating group) is 1. The SMILES string of the molecule is COc1ccc(C(=O)N2CCn3c(nnc3[C@@H]3C[C@@H](O)CN3C)C2)c(OC)n1. The highest BCUT2D eigenvalue weighted by atomic mass is 16.5. The van der Waals surface area contributed by atoms with Crippen LogP contribution in [0.25, 0.3) is 0 Å². The molecule has 1 N–H and O–H groups in total. The summed E-state index contributed by atoms with van der Waals surface area (Å²) in [6.45, 7) is 2.13. The largest absolute Gasteiger partial charge is 0.481 e. The molecule has 4 rings (SSSR count). The maximum atomic E-state index is 13.0. The Balaban J connectivity index is 1.54. The molecule has 1 saturated heterocycles. The minimum atomic E-state index is -0.348. The lowest BCUT2D eigenvalue weighted by molar-refractivity contribution is 0.0700. The fourth-order valence-electron chi connectivity index (χ4n) is 3.90. The Hall–Kier alpha value is -2.72. The van der Waals surface area contributed by atoms with Gasteiger partial charge in [-0.2, -0.15) is 4.98 Å². The van der Waals surface area contributed by atoms with Crippen molar-refractivity contribution < 1.29 is 19.4 Å². The molecule has 1 fully saturated rings. The maximum Gasteiger partial charge on any atom is 0.259 e. The highest BCUT2D eigenvalue weighted by Crippen LogP contribution is 2.31. The van der Waals surface area contributed by atoms with Gasteiger partial charge in [0.2, 0.25) is 11.8 Å². The van der Waals surface area contributed by atoms with E-state index in [0.29, 0.717) is 44.0 Å². The molecule has 10 nitrogen and oxygen atoms in total. The van der Waals surface area contributed by atoms with Gasteiger partial charge in [0.05, 0.1) is 32.9 Å². The van der Waals surface area contributed by atoms with Crippen LogP contribution in [0.2, 0.25) is 0 Å². The first kappa shape index (κ1) is 18.6. The topological polar surface area (TPSA) is 106 Å². The first-order valence-electron chi connectivity index (χ1n) is 9.20. The lowest BCUT2D eigenvalue weighted by Gasteiger charge is -2.29. The number of hydrogen-bond donors (Lipinski definition) is 1. The van der Waals surface area contributed by atoms with Crippen molar-refractivity contribution in [3.8, 4) is 11.8 Å². The van der Waals surface area contributed by atoms with Gasteiger partial charge in [-0.1, -0.05) is 0 Å². The molecule has 0 saturated carbocycles. The summed E-state index contributed by atoms with van der Waals surface area (Å²) in [6, 6.07) is 3.35. The fourth-order valence-corrected chi connectivity index (χ4v) is 3.90. The van der Waals surface area contributed by atoms with Crippen LogP contribution in [0.3, 0.4) is 0 Å². The normalized spacial score (nSPS) is 22.2. The molecule has 10 heteroatoms. The second-order valence-corrected chi connectivity index (χ2v) is 7.11. The molecule has 0 spiro atoms. The van der Waals surface area contributed by atoms with Crippen molar-refractivity contribution in [1.82, 2.24) is 29.5 Å². The highest BCUT2D eigenvalue weighted by Gasteiger charge is 2.35. The predicted octanol–water partition coefficient (Wildman–Crippen LogP) is 0.0838. The Labute approximate surface area is 162 Å². The van der Waals surface area contributed by atoms with E-state index in [-0.39, 0.29) is 23.9 Å². The summed E-state index contributed by atoms with van der Waals surface area (Å²) in [6.07, 6.45) is 0.297. The van der Waals surface area contributed by atoms with Gasteiger partial charge in [0, 0.05) is 25.7 Å². The van der Waals surface area contributed by atoms with Crippen LogP contribution in [0.5, 0.6) is 11.8 Å². The summed E-state index contributed by atoms with van der Waals surface area (Å²) < 4.78 is 12.4. The second-order valence-electron chi connectivity index (χ2n) is 7.11. The molecule has 150 valence electrons. The molecule has 2 aromatic rings. The van der Waals surface area contributed by atoms with Crippen molar-refractivity contribution in [3.63, 3.8) is 0 Å². The van der Waals surface area contributed by atoms with Crippen LogP contribution in [0.4, 0.5) is 0 Å². The Morgan fingerprint density at radius 1 is 1.21 bits per heavy atom. The van der Waals surface area contributed by atoms with Gasteiger partial charge in [-0.05, 0) is 19.5 Å². The van der Waals surface area contributed by atoms with Crippen LogP contribution >= 0.6 is 0 Å². The van der Waals surface area contributed by atoms with Crippen molar-refractivity contribution in [2.45, 2.75) is 31.7 Å². The van der Waals surface area contributed by atoms with E-state index in [9.17, 15) is 9.90 Å². The summed E-state index contributed by atoms with van der Waals surface area (Å²) in [5, 5.41) is 18.6.